The lowest BCUT2D eigenvalue weighted by molar-refractivity contribution is 0.0691. The van der Waals surface area contributed by atoms with Crippen LogP contribution < -0.4 is 0 Å². The van der Waals surface area contributed by atoms with Gasteiger partial charge in [-0.1, -0.05) is 78.9 Å². The molecule has 0 aliphatic heterocycles. The van der Waals surface area contributed by atoms with Gasteiger partial charge in [0.1, 0.15) is 5.69 Å². The Kier molecular flexibility index (Phi) is 5.06. The van der Waals surface area contributed by atoms with Crippen molar-refractivity contribution in [1.82, 2.24) is 14.8 Å². The average Bonchev–Trinajstić information content (AvgIpc) is 3.46. The van der Waals surface area contributed by atoms with E-state index in [0.717, 1.165) is 40.9 Å². The highest BCUT2D eigenvalue weighted by Gasteiger charge is 2.26. The number of allylic oxidation sites excluding steroid dienone is 4. The predicted molar refractivity (Wildman–Crippen MR) is 123 cm³/mol. The van der Waals surface area contributed by atoms with Gasteiger partial charge in [-0.2, -0.15) is 5.10 Å². The molecule has 2 aromatic carbocycles. The van der Waals surface area contributed by atoms with E-state index < -0.39 is 5.97 Å². The van der Waals surface area contributed by atoms with Crippen LogP contribution in [0.4, 0.5) is 0 Å². The number of carboxylic acid groups (broad SMARTS) is 1. The van der Waals surface area contributed by atoms with Crippen molar-refractivity contribution in [2.24, 2.45) is 0 Å². The van der Waals surface area contributed by atoms with Crippen LogP contribution in [0.15, 0.2) is 84.3 Å². The van der Waals surface area contributed by atoms with Crippen LogP contribution in [0.3, 0.4) is 0 Å². The fourth-order valence-electron chi connectivity index (χ4n) is 3.79. The van der Waals surface area contributed by atoms with Crippen molar-refractivity contribution in [3.8, 4) is 27.6 Å². The Hall–Kier alpha value is -3.77. The average molecular weight is 426 g/mol. The minimum absolute atomic E-state index is 0.0251. The highest BCUT2D eigenvalue weighted by Crippen LogP contribution is 2.41. The number of hydrogen-bond acceptors (Lipinski definition) is 4. The second-order valence-electron chi connectivity index (χ2n) is 7.20. The molecule has 0 amide bonds. The molecular weight excluding hydrogens is 406 g/mol. The van der Waals surface area contributed by atoms with Crippen molar-refractivity contribution in [2.45, 2.75) is 12.8 Å². The second-order valence-corrected chi connectivity index (χ2v) is 8.03. The van der Waals surface area contributed by atoms with E-state index in [-0.39, 0.29) is 5.69 Å². The van der Waals surface area contributed by atoms with E-state index in [1.807, 2.05) is 36.4 Å². The number of thiazole rings is 1. The quantitative estimate of drug-likeness (QED) is 0.420. The Labute approximate surface area is 183 Å². The van der Waals surface area contributed by atoms with Gasteiger partial charge in [-0.15, -0.1) is 11.3 Å². The number of benzene rings is 2. The number of carboxylic acids is 1. The molecule has 0 unspecified atom stereocenters. The Morgan fingerprint density at radius 3 is 2.32 bits per heavy atom. The third kappa shape index (κ3) is 3.62. The number of nitrogens with zero attached hydrogens (tertiary/aromatic N) is 3. The molecule has 2 aromatic heterocycles. The summed E-state index contributed by atoms with van der Waals surface area (Å²) in [6, 6.07) is 20.2. The Morgan fingerprint density at radius 2 is 1.71 bits per heavy atom. The molecule has 31 heavy (non-hydrogen) atoms. The zero-order valence-corrected chi connectivity index (χ0v) is 17.4. The standard InChI is InChI=1S/C25H19N3O2S/c29-24(30)20-16-31-25(26-20)28-23(19-14-8-3-9-15-19)21(17-10-4-1-5-11-17)22(27-28)18-12-6-2-7-13-18/h1-4,6-10,12-16H,5,11H2,(H,29,30). The zero-order chi connectivity index (χ0) is 21.2. The van der Waals surface area contributed by atoms with E-state index in [0.29, 0.717) is 5.13 Å². The largest absolute Gasteiger partial charge is 0.476 e. The molecule has 5 rings (SSSR count). The summed E-state index contributed by atoms with van der Waals surface area (Å²) in [5, 5.41) is 16.4. The monoisotopic (exact) mass is 425 g/mol. The van der Waals surface area contributed by atoms with Crippen molar-refractivity contribution in [3.63, 3.8) is 0 Å². The first-order valence-electron chi connectivity index (χ1n) is 10.0. The van der Waals surface area contributed by atoms with Gasteiger partial charge in [0.05, 0.1) is 5.69 Å². The first kappa shape index (κ1) is 19.2. The van der Waals surface area contributed by atoms with E-state index in [4.69, 9.17) is 5.10 Å². The third-order valence-electron chi connectivity index (χ3n) is 5.21. The highest BCUT2D eigenvalue weighted by molar-refractivity contribution is 7.12. The van der Waals surface area contributed by atoms with Crippen molar-refractivity contribution >= 4 is 22.9 Å². The fraction of sp³-hybridized carbons (Fsp3) is 0.0800. The van der Waals surface area contributed by atoms with Crippen LogP contribution in [-0.4, -0.2) is 25.8 Å². The summed E-state index contributed by atoms with van der Waals surface area (Å²) in [5.41, 5.74) is 6.11. The maximum Gasteiger partial charge on any atom is 0.355 e. The maximum atomic E-state index is 11.4. The smallest absolute Gasteiger partial charge is 0.355 e. The summed E-state index contributed by atoms with van der Waals surface area (Å²) < 4.78 is 1.79. The molecule has 1 aliphatic carbocycles. The van der Waals surface area contributed by atoms with Gasteiger partial charge in [0.2, 0.25) is 5.13 Å². The van der Waals surface area contributed by atoms with E-state index in [2.05, 4.69) is 47.5 Å². The highest BCUT2D eigenvalue weighted by atomic mass is 32.1. The molecule has 2 heterocycles. The van der Waals surface area contributed by atoms with Crippen molar-refractivity contribution in [3.05, 3.63) is 95.5 Å². The Balaban J connectivity index is 1.83. The topological polar surface area (TPSA) is 68.0 Å². The summed E-state index contributed by atoms with van der Waals surface area (Å²) in [5.74, 6) is -1.04. The normalized spacial score (nSPS) is 13.2. The minimum Gasteiger partial charge on any atom is -0.476 e. The summed E-state index contributed by atoms with van der Waals surface area (Å²) in [6.07, 6.45) is 8.29. The Morgan fingerprint density at radius 1 is 1.00 bits per heavy atom. The van der Waals surface area contributed by atoms with Crippen LogP contribution in [0, 0.1) is 0 Å². The molecule has 5 nitrogen and oxygen atoms in total. The lowest BCUT2D eigenvalue weighted by atomic mass is 9.91. The number of aromatic nitrogens is 3. The molecule has 1 N–H and O–H groups in total. The first-order chi connectivity index (χ1) is 15.2. The summed E-state index contributed by atoms with van der Waals surface area (Å²) in [7, 11) is 0. The van der Waals surface area contributed by atoms with Gasteiger partial charge in [0, 0.05) is 22.1 Å². The number of hydrogen-bond donors (Lipinski definition) is 1. The van der Waals surface area contributed by atoms with Gasteiger partial charge < -0.3 is 5.11 Å². The lowest BCUT2D eigenvalue weighted by Gasteiger charge is -2.13. The SMILES string of the molecule is O=C(O)c1csc(-n2nc(-c3ccccc3)c(C3=CC=CCC3)c2-c2ccccc2)n1. The number of aromatic carboxylic acids is 1. The minimum atomic E-state index is -1.04. The van der Waals surface area contributed by atoms with Crippen molar-refractivity contribution in [2.75, 3.05) is 0 Å². The molecule has 152 valence electrons. The van der Waals surface area contributed by atoms with Crippen molar-refractivity contribution < 1.29 is 9.90 Å². The molecule has 4 aromatic rings. The summed E-state index contributed by atoms with van der Waals surface area (Å²) in [4.78, 5) is 15.8. The van der Waals surface area contributed by atoms with E-state index in [1.165, 1.54) is 16.9 Å². The van der Waals surface area contributed by atoms with Gasteiger partial charge in [0.15, 0.2) is 5.69 Å². The molecule has 0 fully saturated rings. The van der Waals surface area contributed by atoms with E-state index in [1.54, 1.807) is 10.1 Å². The van der Waals surface area contributed by atoms with Crippen LogP contribution in [0.1, 0.15) is 28.9 Å². The molecule has 0 atom stereocenters. The van der Waals surface area contributed by atoms with Crippen LogP contribution >= 0.6 is 11.3 Å². The van der Waals surface area contributed by atoms with Crippen LogP contribution in [0.2, 0.25) is 0 Å². The van der Waals surface area contributed by atoms with Crippen LogP contribution in [-0.2, 0) is 0 Å². The van der Waals surface area contributed by atoms with E-state index >= 15 is 0 Å². The van der Waals surface area contributed by atoms with E-state index in [9.17, 15) is 9.90 Å². The predicted octanol–water partition coefficient (Wildman–Crippen LogP) is 6.09. The molecule has 0 saturated heterocycles. The van der Waals surface area contributed by atoms with Crippen LogP contribution in [0.5, 0.6) is 0 Å². The maximum absolute atomic E-state index is 11.4. The van der Waals surface area contributed by atoms with Gasteiger partial charge in [-0.05, 0) is 18.4 Å². The van der Waals surface area contributed by atoms with Gasteiger partial charge in [-0.25, -0.2) is 14.5 Å². The molecule has 0 radical (unpaired) electrons. The number of carbonyl (C=O) groups is 1. The first-order valence-corrected chi connectivity index (χ1v) is 10.9. The molecule has 0 saturated carbocycles. The molecular formula is C25H19N3O2S. The van der Waals surface area contributed by atoms with Gasteiger partial charge in [-0.3, -0.25) is 0 Å². The third-order valence-corrected chi connectivity index (χ3v) is 6.02. The van der Waals surface area contributed by atoms with Crippen molar-refractivity contribution in [1.29, 1.82) is 0 Å². The molecule has 6 heteroatoms. The molecule has 1 aliphatic rings. The number of rotatable bonds is 5. The summed E-state index contributed by atoms with van der Waals surface area (Å²) >= 11 is 1.28. The van der Waals surface area contributed by atoms with Crippen LogP contribution in [0.25, 0.3) is 33.2 Å². The molecule has 0 spiro atoms. The second kappa shape index (κ2) is 8.16. The Bertz CT molecular complexity index is 1300. The lowest BCUT2D eigenvalue weighted by Crippen LogP contribution is -2.02. The molecule has 0 bridgehead atoms. The fourth-order valence-corrected chi connectivity index (χ4v) is 4.55. The van der Waals surface area contributed by atoms with Gasteiger partial charge >= 0.3 is 5.97 Å². The zero-order valence-electron chi connectivity index (χ0n) is 16.6. The summed E-state index contributed by atoms with van der Waals surface area (Å²) in [6.45, 7) is 0. The van der Waals surface area contributed by atoms with Gasteiger partial charge in [0.25, 0.3) is 0 Å².